The molecule has 2 aromatic rings. The van der Waals surface area contributed by atoms with E-state index < -0.39 is 14.1 Å². The first-order chi connectivity index (χ1) is 14.5. The van der Waals surface area contributed by atoms with Crippen LogP contribution in [-0.2, 0) is 15.6 Å². The van der Waals surface area contributed by atoms with Crippen LogP contribution < -0.4 is 4.74 Å². The third-order valence-corrected chi connectivity index (χ3v) is 10.9. The molecular weight excluding hydrogens is 408 g/mol. The molecule has 1 aromatic heterocycles. The summed E-state index contributed by atoms with van der Waals surface area (Å²) in [7, 11) is 1.30. The molecule has 0 aliphatic heterocycles. The second-order valence-electron chi connectivity index (χ2n) is 9.76. The first-order valence-electron chi connectivity index (χ1n) is 10.9. The van der Waals surface area contributed by atoms with E-state index in [1.807, 2.05) is 18.2 Å². The predicted molar refractivity (Wildman–Crippen MR) is 128 cm³/mol. The minimum atomic E-state index is -2.06. The Labute approximate surface area is 186 Å². The monoisotopic (exact) mass is 444 g/mol. The van der Waals surface area contributed by atoms with Crippen LogP contribution >= 0.6 is 0 Å². The summed E-state index contributed by atoms with van der Waals surface area (Å²) < 4.78 is 24.5. The van der Waals surface area contributed by atoms with Gasteiger partial charge in [0.05, 0.1) is 7.11 Å². The van der Waals surface area contributed by atoms with Crippen molar-refractivity contribution < 1.29 is 23.4 Å². The van der Waals surface area contributed by atoms with Crippen LogP contribution in [0.5, 0.6) is 5.75 Å². The molecule has 31 heavy (non-hydrogen) atoms. The number of aliphatic hydroxyl groups is 1. The molecule has 0 fully saturated rings. The second-order valence-corrected chi connectivity index (χ2v) is 14.5. The molecule has 0 saturated heterocycles. The highest BCUT2D eigenvalue weighted by Crippen LogP contribution is 2.44. The average Bonchev–Trinajstić information content (AvgIpc) is 3.15. The van der Waals surface area contributed by atoms with Gasteiger partial charge < -0.3 is 23.4 Å². The van der Waals surface area contributed by atoms with Gasteiger partial charge in [-0.3, -0.25) is 0 Å². The molecule has 1 aliphatic carbocycles. The Balaban J connectivity index is 1.94. The lowest BCUT2D eigenvalue weighted by Crippen LogP contribution is -2.50. The molecule has 5 nitrogen and oxygen atoms in total. The van der Waals surface area contributed by atoms with Crippen molar-refractivity contribution in [3.05, 3.63) is 47.8 Å². The minimum Gasteiger partial charge on any atom is -0.493 e. The van der Waals surface area contributed by atoms with Crippen molar-refractivity contribution in [3.8, 4) is 5.75 Å². The molecule has 0 saturated carbocycles. The Morgan fingerprint density at radius 2 is 1.90 bits per heavy atom. The van der Waals surface area contributed by atoms with Gasteiger partial charge in [-0.25, -0.2) is 0 Å². The van der Waals surface area contributed by atoms with Gasteiger partial charge in [-0.05, 0) is 60.8 Å². The summed E-state index contributed by atoms with van der Waals surface area (Å²) in [5, 5.41) is 10.2. The zero-order chi connectivity index (χ0) is 22.9. The molecule has 1 atom stereocenters. The maximum Gasteiger partial charge on any atom is 0.196 e. The third-order valence-electron chi connectivity index (χ3n) is 6.47. The number of aryl methyl sites for hydroxylation is 1. The first kappa shape index (κ1) is 23.8. The van der Waals surface area contributed by atoms with E-state index in [2.05, 4.69) is 52.1 Å². The lowest BCUT2D eigenvalue weighted by Gasteiger charge is -2.44. The lowest BCUT2D eigenvalue weighted by atomic mass is 9.97. The highest BCUT2D eigenvalue weighted by atomic mass is 28.4. The van der Waals surface area contributed by atoms with Crippen LogP contribution in [0.15, 0.2) is 40.8 Å². The van der Waals surface area contributed by atoms with Crippen molar-refractivity contribution in [2.45, 2.75) is 64.0 Å². The highest BCUT2D eigenvalue weighted by molar-refractivity contribution is 6.74. The molecule has 0 radical (unpaired) electrons. The fraction of sp³-hybridized carbons (Fsp3) is 0.520. The van der Waals surface area contributed by atoms with Crippen LogP contribution in [0.3, 0.4) is 0 Å². The molecule has 3 rings (SSSR count). The molecule has 1 aliphatic rings. The summed E-state index contributed by atoms with van der Waals surface area (Å²) in [6.07, 6.45) is 8.15. The van der Waals surface area contributed by atoms with Crippen LogP contribution in [-0.4, -0.2) is 40.0 Å². The van der Waals surface area contributed by atoms with E-state index in [1.165, 1.54) is 0 Å². The number of hydrogen-bond donors (Lipinski definition) is 1. The number of hydrogen-bond acceptors (Lipinski definition) is 5. The minimum absolute atomic E-state index is 0.0748. The molecule has 1 aromatic carbocycles. The van der Waals surface area contributed by atoms with Crippen molar-refractivity contribution in [2.24, 2.45) is 0 Å². The number of aliphatic hydroxyl groups excluding tert-OH is 1. The van der Waals surface area contributed by atoms with Crippen molar-refractivity contribution in [3.63, 3.8) is 0 Å². The van der Waals surface area contributed by atoms with Crippen LogP contribution in [0.1, 0.15) is 44.9 Å². The number of furan rings is 1. The zero-order valence-electron chi connectivity index (χ0n) is 19.9. The molecule has 0 spiro atoms. The van der Waals surface area contributed by atoms with Gasteiger partial charge in [0.15, 0.2) is 25.4 Å². The van der Waals surface area contributed by atoms with Gasteiger partial charge in [-0.2, -0.15) is 0 Å². The van der Waals surface area contributed by atoms with E-state index in [0.717, 1.165) is 40.7 Å². The highest BCUT2D eigenvalue weighted by Gasteiger charge is 2.45. The maximum absolute atomic E-state index is 9.16. The van der Waals surface area contributed by atoms with Gasteiger partial charge in [0.2, 0.25) is 0 Å². The van der Waals surface area contributed by atoms with Crippen LogP contribution in [0.25, 0.3) is 16.5 Å². The number of rotatable bonds is 8. The molecule has 1 N–H and O–H groups in total. The molecule has 1 unspecified atom stereocenters. The van der Waals surface area contributed by atoms with E-state index in [9.17, 15) is 0 Å². The Hall–Kier alpha value is -1.86. The van der Waals surface area contributed by atoms with Gasteiger partial charge in [0, 0.05) is 31.1 Å². The van der Waals surface area contributed by atoms with Crippen LogP contribution in [0.4, 0.5) is 0 Å². The number of allylic oxidation sites excluding steroid dienone is 2. The number of methoxy groups -OCH3 is 2. The fourth-order valence-corrected chi connectivity index (χ4v) is 5.01. The number of benzene rings is 1. The average molecular weight is 445 g/mol. The van der Waals surface area contributed by atoms with E-state index in [4.69, 9.17) is 23.4 Å². The summed E-state index contributed by atoms with van der Waals surface area (Å²) in [4.78, 5) is 0. The summed E-state index contributed by atoms with van der Waals surface area (Å²) in [5.41, 5.74) is 2.88. The topological polar surface area (TPSA) is 61.1 Å². The Morgan fingerprint density at radius 3 is 2.52 bits per heavy atom. The quantitative estimate of drug-likeness (QED) is 0.395. The smallest absolute Gasteiger partial charge is 0.196 e. The van der Waals surface area contributed by atoms with Crippen molar-refractivity contribution in [2.75, 3.05) is 20.8 Å². The maximum atomic E-state index is 9.16. The van der Waals surface area contributed by atoms with E-state index in [-0.39, 0.29) is 11.6 Å². The Bertz CT molecular complexity index is 980. The van der Waals surface area contributed by atoms with Crippen LogP contribution in [0.2, 0.25) is 18.1 Å². The van der Waals surface area contributed by atoms with Gasteiger partial charge in [0.1, 0.15) is 5.76 Å². The second kappa shape index (κ2) is 8.94. The van der Waals surface area contributed by atoms with Crippen LogP contribution in [0, 0.1) is 0 Å². The molecule has 170 valence electrons. The summed E-state index contributed by atoms with van der Waals surface area (Å²) in [5.74, 6) is 0.694. The van der Waals surface area contributed by atoms with E-state index in [0.29, 0.717) is 12.2 Å². The number of fused-ring (bicyclic) bond motifs is 1. The largest absolute Gasteiger partial charge is 0.493 e. The van der Waals surface area contributed by atoms with Crippen molar-refractivity contribution >= 4 is 24.9 Å². The van der Waals surface area contributed by atoms with Crippen molar-refractivity contribution in [1.29, 1.82) is 0 Å². The van der Waals surface area contributed by atoms with E-state index in [1.54, 1.807) is 14.2 Å². The molecule has 6 heteroatoms. The molecule has 0 amide bonds. The van der Waals surface area contributed by atoms with Gasteiger partial charge in [0.25, 0.3) is 0 Å². The fourth-order valence-electron chi connectivity index (χ4n) is 3.62. The summed E-state index contributed by atoms with van der Waals surface area (Å²) >= 11 is 0. The first-order valence-corrected chi connectivity index (χ1v) is 13.8. The molecule has 0 bridgehead atoms. The predicted octanol–water partition coefficient (Wildman–Crippen LogP) is 6.07. The third kappa shape index (κ3) is 4.98. The standard InChI is InChI=1S/C25H36O5Si/c1-24(2,3)31(6,7)30-25(28-5)12-8-11-19(17-25)21-16-20-14-18(10-9-13-26)15-22(27-4)23(20)29-21/h8,11-12,14-16,26H,9-10,13,17H2,1-7H3. The normalized spacial score (nSPS) is 19.7. The SMILES string of the molecule is COc1cc(CCCO)cc2cc(C3=CC=CC(OC)(O[Si](C)(C)C(C)(C)C)C3)oc12. The molecule has 1 heterocycles. The van der Waals surface area contributed by atoms with Crippen molar-refractivity contribution in [1.82, 2.24) is 0 Å². The van der Waals surface area contributed by atoms with E-state index >= 15 is 0 Å². The Morgan fingerprint density at radius 1 is 1.16 bits per heavy atom. The van der Waals surface area contributed by atoms with Gasteiger partial charge in [-0.15, -0.1) is 0 Å². The Kier molecular flexibility index (Phi) is 6.86. The number of ether oxygens (including phenoxy) is 2. The summed E-state index contributed by atoms with van der Waals surface area (Å²) in [6.45, 7) is 11.3. The summed E-state index contributed by atoms with van der Waals surface area (Å²) in [6, 6.07) is 6.15. The van der Waals surface area contributed by atoms with Gasteiger partial charge in [-0.1, -0.05) is 32.9 Å². The molecular formula is C25H36O5Si. The van der Waals surface area contributed by atoms with Gasteiger partial charge >= 0.3 is 0 Å². The lowest BCUT2D eigenvalue weighted by molar-refractivity contribution is -0.130. The zero-order valence-corrected chi connectivity index (χ0v) is 20.9.